The van der Waals surface area contributed by atoms with E-state index in [1.54, 1.807) is 36.0 Å². The van der Waals surface area contributed by atoms with Crippen LogP contribution in [0.2, 0.25) is 0 Å². The number of benzene rings is 3. The van der Waals surface area contributed by atoms with Gasteiger partial charge in [0.05, 0.1) is 41.5 Å². The van der Waals surface area contributed by atoms with Crippen molar-refractivity contribution in [1.29, 1.82) is 5.26 Å². The number of carbonyl (C=O) groups is 2. The quantitative estimate of drug-likeness (QED) is 0.580. The van der Waals surface area contributed by atoms with Gasteiger partial charge in [-0.3, -0.25) is 14.5 Å². The Labute approximate surface area is 178 Å². The molecule has 0 saturated carbocycles. The summed E-state index contributed by atoms with van der Waals surface area (Å²) < 4.78 is 0. The van der Waals surface area contributed by atoms with Crippen LogP contribution in [0.25, 0.3) is 0 Å². The fraction of sp³-hybridized carbons (Fsp3) is 0.125. The van der Waals surface area contributed by atoms with Crippen molar-refractivity contribution in [3.05, 3.63) is 82.9 Å². The molecule has 0 radical (unpaired) electrons. The highest BCUT2D eigenvalue weighted by Crippen LogP contribution is 2.50. The van der Waals surface area contributed by atoms with E-state index < -0.39 is 0 Å². The van der Waals surface area contributed by atoms with Crippen molar-refractivity contribution in [2.24, 2.45) is 0 Å². The predicted molar refractivity (Wildman–Crippen MR) is 115 cm³/mol. The van der Waals surface area contributed by atoms with Crippen LogP contribution in [0, 0.1) is 11.3 Å². The van der Waals surface area contributed by atoms with E-state index in [9.17, 15) is 14.9 Å². The highest BCUT2D eigenvalue weighted by atomic mass is 32.2. The van der Waals surface area contributed by atoms with E-state index in [1.165, 1.54) is 4.90 Å². The third kappa shape index (κ3) is 2.71. The molecular formula is C24H17N3O2S. The van der Waals surface area contributed by atoms with Gasteiger partial charge >= 0.3 is 0 Å². The van der Waals surface area contributed by atoms with Crippen LogP contribution in [0.15, 0.2) is 70.5 Å². The van der Waals surface area contributed by atoms with Gasteiger partial charge in [-0.1, -0.05) is 48.2 Å². The van der Waals surface area contributed by atoms with Gasteiger partial charge in [0, 0.05) is 16.8 Å². The van der Waals surface area contributed by atoms with Crippen molar-refractivity contribution >= 4 is 35.0 Å². The minimum Gasteiger partial charge on any atom is -0.343 e. The van der Waals surface area contributed by atoms with Gasteiger partial charge in [0.15, 0.2) is 0 Å². The number of anilines is 2. The Bertz CT molecular complexity index is 1230. The number of fused-ring (bicyclic) bond motifs is 3. The van der Waals surface area contributed by atoms with E-state index in [-0.39, 0.29) is 18.4 Å². The van der Waals surface area contributed by atoms with Crippen LogP contribution in [-0.4, -0.2) is 23.8 Å². The first-order valence-electron chi connectivity index (χ1n) is 9.57. The average Bonchev–Trinajstić information content (AvgIpc) is 3.00. The summed E-state index contributed by atoms with van der Waals surface area (Å²) >= 11 is 1.61. The molecule has 0 spiro atoms. The van der Waals surface area contributed by atoms with E-state index in [0.717, 1.165) is 32.3 Å². The number of hydrogen-bond donors (Lipinski definition) is 0. The molecule has 0 bridgehead atoms. The van der Waals surface area contributed by atoms with E-state index in [2.05, 4.69) is 11.0 Å². The zero-order valence-corrected chi connectivity index (χ0v) is 17.1. The van der Waals surface area contributed by atoms with Crippen molar-refractivity contribution in [3.8, 4) is 6.07 Å². The maximum absolute atomic E-state index is 12.8. The Morgan fingerprint density at radius 2 is 1.40 bits per heavy atom. The Hall–Kier alpha value is -3.56. The molecule has 2 amide bonds. The molecule has 0 unspecified atom stereocenters. The van der Waals surface area contributed by atoms with Crippen molar-refractivity contribution < 1.29 is 9.59 Å². The molecule has 30 heavy (non-hydrogen) atoms. The Morgan fingerprint density at radius 1 is 0.833 bits per heavy atom. The van der Waals surface area contributed by atoms with Crippen LogP contribution in [0.5, 0.6) is 0 Å². The van der Waals surface area contributed by atoms with Crippen molar-refractivity contribution in [1.82, 2.24) is 4.90 Å². The topological polar surface area (TPSA) is 64.4 Å². The zero-order valence-electron chi connectivity index (χ0n) is 16.3. The lowest BCUT2D eigenvalue weighted by atomic mass is 10.1. The molecule has 0 aromatic heterocycles. The molecule has 6 heteroatoms. The molecule has 0 N–H and O–H groups in total. The molecule has 2 heterocycles. The number of nitriles is 1. The summed E-state index contributed by atoms with van der Waals surface area (Å²) in [5.41, 5.74) is 4.88. The van der Waals surface area contributed by atoms with Crippen molar-refractivity contribution in [2.75, 3.05) is 11.9 Å². The van der Waals surface area contributed by atoms with Crippen LogP contribution in [0.1, 0.15) is 31.8 Å². The summed E-state index contributed by atoms with van der Waals surface area (Å²) in [5, 5.41) is 9.22. The summed E-state index contributed by atoms with van der Waals surface area (Å²) in [6.07, 6.45) is 0.333. The van der Waals surface area contributed by atoms with E-state index >= 15 is 0 Å². The summed E-state index contributed by atoms with van der Waals surface area (Å²) in [7, 11) is 2.00. The van der Waals surface area contributed by atoms with Gasteiger partial charge in [0.2, 0.25) is 0 Å². The minimum absolute atomic E-state index is 0.214. The van der Waals surface area contributed by atoms with E-state index in [4.69, 9.17) is 0 Å². The first-order chi connectivity index (χ1) is 14.6. The van der Waals surface area contributed by atoms with Gasteiger partial charge in [0.1, 0.15) is 0 Å². The minimum atomic E-state index is -0.257. The smallest absolute Gasteiger partial charge is 0.261 e. The number of nitrogens with zero attached hydrogens (tertiary/aromatic N) is 3. The fourth-order valence-electron chi connectivity index (χ4n) is 4.04. The number of imide groups is 1. The number of rotatable bonds is 3. The standard InChI is InChI=1S/C24H17N3O2S/c1-26-19-10-4-6-15(12-13-25)21(19)30-22-16(7-5-11-20(22)26)14-27-23(28)17-8-2-3-9-18(17)24(27)29/h2-11H,12,14H2,1H3. The van der Waals surface area contributed by atoms with Crippen LogP contribution in [-0.2, 0) is 13.0 Å². The normalized spacial score (nSPS) is 14.3. The molecular weight excluding hydrogens is 394 g/mol. The second-order valence-corrected chi connectivity index (χ2v) is 8.29. The Morgan fingerprint density at radius 3 is 2.00 bits per heavy atom. The number of amides is 2. The molecule has 2 aliphatic rings. The van der Waals surface area contributed by atoms with Gasteiger partial charge in [0.25, 0.3) is 11.8 Å². The second-order valence-electron chi connectivity index (χ2n) is 7.27. The lowest BCUT2D eigenvalue weighted by molar-refractivity contribution is 0.0641. The second kappa shape index (κ2) is 7.05. The average molecular weight is 411 g/mol. The Balaban J connectivity index is 1.55. The Kier molecular flexibility index (Phi) is 4.34. The third-order valence-electron chi connectivity index (χ3n) is 5.55. The summed E-state index contributed by atoms with van der Waals surface area (Å²) in [6, 6.07) is 21.1. The monoisotopic (exact) mass is 411 g/mol. The third-order valence-corrected chi connectivity index (χ3v) is 6.91. The van der Waals surface area contributed by atoms with Gasteiger partial charge in [-0.05, 0) is 35.4 Å². The summed E-state index contributed by atoms with van der Waals surface area (Å²) in [5.74, 6) is -0.513. The highest BCUT2D eigenvalue weighted by Gasteiger charge is 2.36. The first kappa shape index (κ1) is 18.5. The molecule has 0 fully saturated rings. The summed E-state index contributed by atoms with van der Waals surface area (Å²) in [6.45, 7) is 0.214. The lowest BCUT2D eigenvalue weighted by Gasteiger charge is -2.32. The van der Waals surface area contributed by atoms with E-state index in [0.29, 0.717) is 17.5 Å². The highest BCUT2D eigenvalue weighted by molar-refractivity contribution is 7.99. The van der Waals surface area contributed by atoms with Crippen LogP contribution >= 0.6 is 11.8 Å². The first-order valence-corrected chi connectivity index (χ1v) is 10.4. The molecule has 146 valence electrons. The van der Waals surface area contributed by atoms with E-state index in [1.807, 2.05) is 43.4 Å². The molecule has 3 aromatic rings. The molecule has 5 nitrogen and oxygen atoms in total. The maximum atomic E-state index is 12.8. The molecule has 0 aliphatic carbocycles. The van der Waals surface area contributed by atoms with Gasteiger partial charge in [-0.2, -0.15) is 5.26 Å². The van der Waals surface area contributed by atoms with Crippen LogP contribution < -0.4 is 4.90 Å². The summed E-state index contributed by atoms with van der Waals surface area (Å²) in [4.78, 5) is 31.1. The SMILES string of the molecule is CN1c2cccc(CC#N)c2Sc2c(CN3C(=O)c4ccccc4C3=O)cccc21. The maximum Gasteiger partial charge on any atom is 0.261 e. The lowest BCUT2D eigenvalue weighted by Crippen LogP contribution is -2.29. The molecule has 0 atom stereocenters. The van der Waals surface area contributed by atoms with Crippen LogP contribution in [0.3, 0.4) is 0 Å². The zero-order chi connectivity index (χ0) is 20.8. The number of carbonyl (C=O) groups excluding carboxylic acids is 2. The molecule has 0 saturated heterocycles. The van der Waals surface area contributed by atoms with Gasteiger partial charge < -0.3 is 4.90 Å². The molecule has 5 rings (SSSR count). The van der Waals surface area contributed by atoms with Crippen molar-refractivity contribution in [3.63, 3.8) is 0 Å². The number of hydrogen-bond acceptors (Lipinski definition) is 5. The predicted octanol–water partition coefficient (Wildman–Crippen LogP) is 4.78. The molecule has 3 aromatic carbocycles. The van der Waals surface area contributed by atoms with Crippen molar-refractivity contribution in [2.45, 2.75) is 22.8 Å². The largest absolute Gasteiger partial charge is 0.343 e. The van der Waals surface area contributed by atoms with Gasteiger partial charge in [-0.15, -0.1) is 0 Å². The van der Waals surface area contributed by atoms with Crippen LogP contribution in [0.4, 0.5) is 11.4 Å². The fourth-order valence-corrected chi connectivity index (χ4v) is 5.40. The molecule has 2 aliphatic heterocycles. The van der Waals surface area contributed by atoms with Gasteiger partial charge in [-0.25, -0.2) is 0 Å².